The Kier molecular flexibility index (Phi) is 2.21. The van der Waals surface area contributed by atoms with Crippen LogP contribution in [0.1, 0.15) is 5.56 Å². The SMILES string of the molecule is O=C1Oc2ccc(-c3ccco3)cc2CC1F. The van der Waals surface area contributed by atoms with E-state index in [9.17, 15) is 9.18 Å². The van der Waals surface area contributed by atoms with Gasteiger partial charge in [-0.3, -0.25) is 0 Å². The number of halogens is 1. The smallest absolute Gasteiger partial charge is 0.346 e. The Morgan fingerprint density at radius 3 is 2.94 bits per heavy atom. The highest BCUT2D eigenvalue weighted by Gasteiger charge is 2.28. The van der Waals surface area contributed by atoms with E-state index in [1.54, 1.807) is 30.5 Å². The third-order valence-electron chi connectivity index (χ3n) is 2.73. The van der Waals surface area contributed by atoms with E-state index in [1.807, 2.05) is 6.07 Å². The van der Waals surface area contributed by atoms with Crippen LogP contribution in [-0.4, -0.2) is 12.1 Å². The molecule has 1 unspecified atom stereocenters. The fourth-order valence-corrected chi connectivity index (χ4v) is 1.88. The molecule has 0 saturated heterocycles. The van der Waals surface area contributed by atoms with Gasteiger partial charge in [-0.15, -0.1) is 0 Å². The van der Waals surface area contributed by atoms with E-state index in [1.165, 1.54) is 0 Å². The van der Waals surface area contributed by atoms with Crippen LogP contribution in [0.3, 0.4) is 0 Å². The van der Waals surface area contributed by atoms with E-state index in [0.717, 1.165) is 5.56 Å². The number of alkyl halides is 1. The van der Waals surface area contributed by atoms with Gasteiger partial charge < -0.3 is 9.15 Å². The van der Waals surface area contributed by atoms with Crippen molar-refractivity contribution in [2.75, 3.05) is 0 Å². The highest BCUT2D eigenvalue weighted by Crippen LogP contribution is 2.31. The predicted molar refractivity (Wildman–Crippen MR) is 58.4 cm³/mol. The van der Waals surface area contributed by atoms with Crippen molar-refractivity contribution in [3.05, 3.63) is 42.2 Å². The molecule has 0 spiro atoms. The summed E-state index contributed by atoms with van der Waals surface area (Å²) in [5.41, 5.74) is 1.53. The summed E-state index contributed by atoms with van der Waals surface area (Å²) in [5, 5.41) is 0. The van der Waals surface area contributed by atoms with Crippen LogP contribution in [0.25, 0.3) is 11.3 Å². The van der Waals surface area contributed by atoms with Crippen molar-refractivity contribution in [1.29, 1.82) is 0 Å². The molecule has 3 rings (SSSR count). The molecule has 1 aliphatic rings. The van der Waals surface area contributed by atoms with Gasteiger partial charge in [-0.2, -0.15) is 0 Å². The second kappa shape index (κ2) is 3.73. The van der Waals surface area contributed by atoms with E-state index in [4.69, 9.17) is 9.15 Å². The minimum atomic E-state index is -1.57. The van der Waals surface area contributed by atoms with E-state index < -0.39 is 12.1 Å². The summed E-state index contributed by atoms with van der Waals surface area (Å²) < 4.78 is 23.4. The van der Waals surface area contributed by atoms with Crippen molar-refractivity contribution < 1.29 is 18.3 Å². The van der Waals surface area contributed by atoms with Crippen LogP contribution >= 0.6 is 0 Å². The summed E-state index contributed by atoms with van der Waals surface area (Å²) in [6.45, 7) is 0. The van der Waals surface area contributed by atoms with Gasteiger partial charge in [0.15, 0.2) is 0 Å². The van der Waals surface area contributed by atoms with Crippen LogP contribution in [-0.2, 0) is 11.2 Å². The van der Waals surface area contributed by atoms with Crippen molar-refractivity contribution in [1.82, 2.24) is 0 Å². The van der Waals surface area contributed by atoms with Gasteiger partial charge >= 0.3 is 5.97 Å². The maximum atomic E-state index is 13.2. The molecule has 0 bridgehead atoms. The lowest BCUT2D eigenvalue weighted by Gasteiger charge is -2.18. The Labute approximate surface area is 96.8 Å². The number of ether oxygens (including phenoxy) is 1. The summed E-state index contributed by atoms with van der Waals surface area (Å²) in [6, 6.07) is 8.84. The maximum Gasteiger partial charge on any atom is 0.346 e. The fraction of sp³-hybridized carbons (Fsp3) is 0.154. The molecule has 2 heterocycles. The van der Waals surface area contributed by atoms with E-state index >= 15 is 0 Å². The molecule has 0 amide bonds. The minimum absolute atomic E-state index is 0.0582. The lowest BCUT2D eigenvalue weighted by Crippen LogP contribution is -2.28. The van der Waals surface area contributed by atoms with Crippen LogP contribution in [0.5, 0.6) is 5.75 Å². The zero-order valence-electron chi connectivity index (χ0n) is 8.85. The first-order chi connectivity index (χ1) is 8.24. The monoisotopic (exact) mass is 232 g/mol. The van der Waals surface area contributed by atoms with Crippen molar-refractivity contribution >= 4 is 5.97 Å². The number of furan rings is 1. The molecule has 1 aromatic heterocycles. The average molecular weight is 232 g/mol. The lowest BCUT2D eigenvalue weighted by atomic mass is 10.0. The lowest BCUT2D eigenvalue weighted by molar-refractivity contribution is -0.141. The maximum absolute atomic E-state index is 13.2. The van der Waals surface area contributed by atoms with E-state index in [2.05, 4.69) is 0 Å². The first-order valence-corrected chi connectivity index (χ1v) is 5.26. The molecule has 0 N–H and O–H groups in total. The van der Waals surface area contributed by atoms with Gasteiger partial charge in [0.05, 0.1) is 6.26 Å². The third-order valence-corrected chi connectivity index (χ3v) is 2.73. The Morgan fingerprint density at radius 1 is 1.29 bits per heavy atom. The Morgan fingerprint density at radius 2 is 2.18 bits per heavy atom. The summed E-state index contributed by atoms with van der Waals surface area (Å²) >= 11 is 0. The molecule has 0 aliphatic carbocycles. The predicted octanol–water partition coefficient (Wildman–Crippen LogP) is 2.75. The van der Waals surface area contributed by atoms with Gasteiger partial charge in [-0.25, -0.2) is 9.18 Å². The van der Waals surface area contributed by atoms with E-state index in [-0.39, 0.29) is 6.42 Å². The molecular weight excluding hydrogens is 223 g/mol. The van der Waals surface area contributed by atoms with Gasteiger partial charge in [0.1, 0.15) is 11.5 Å². The van der Waals surface area contributed by atoms with Crippen molar-refractivity contribution in [2.45, 2.75) is 12.6 Å². The van der Waals surface area contributed by atoms with Gasteiger partial charge in [0, 0.05) is 12.0 Å². The van der Waals surface area contributed by atoms with Crippen LogP contribution in [0.4, 0.5) is 4.39 Å². The molecule has 0 radical (unpaired) electrons. The van der Waals surface area contributed by atoms with Gasteiger partial charge in [0.25, 0.3) is 0 Å². The number of esters is 1. The number of carbonyl (C=O) groups is 1. The van der Waals surface area contributed by atoms with E-state index in [0.29, 0.717) is 17.1 Å². The highest BCUT2D eigenvalue weighted by molar-refractivity contribution is 5.80. The van der Waals surface area contributed by atoms with Crippen LogP contribution in [0.2, 0.25) is 0 Å². The quantitative estimate of drug-likeness (QED) is 0.560. The van der Waals surface area contributed by atoms with Crippen molar-refractivity contribution in [3.8, 4) is 17.1 Å². The van der Waals surface area contributed by atoms with Crippen LogP contribution < -0.4 is 4.74 Å². The molecule has 86 valence electrons. The summed E-state index contributed by atoms with van der Waals surface area (Å²) in [6.07, 6.45) is 0.0597. The third kappa shape index (κ3) is 1.71. The minimum Gasteiger partial charge on any atom is -0.464 e. The average Bonchev–Trinajstić information content (AvgIpc) is 2.83. The molecule has 1 aliphatic heterocycles. The Balaban J connectivity index is 2.02. The zero-order valence-corrected chi connectivity index (χ0v) is 8.85. The summed E-state index contributed by atoms with van der Waals surface area (Å²) in [7, 11) is 0. The second-order valence-corrected chi connectivity index (χ2v) is 3.89. The van der Waals surface area contributed by atoms with Crippen LogP contribution in [0.15, 0.2) is 41.0 Å². The van der Waals surface area contributed by atoms with Gasteiger partial charge in [-0.05, 0) is 35.9 Å². The molecule has 4 heteroatoms. The topological polar surface area (TPSA) is 39.4 Å². The molecule has 1 atom stereocenters. The van der Waals surface area contributed by atoms with Crippen molar-refractivity contribution in [2.24, 2.45) is 0 Å². The number of hydrogen-bond acceptors (Lipinski definition) is 3. The molecule has 3 nitrogen and oxygen atoms in total. The van der Waals surface area contributed by atoms with Gasteiger partial charge in [0.2, 0.25) is 6.17 Å². The fourth-order valence-electron chi connectivity index (χ4n) is 1.88. The summed E-state index contributed by atoms with van der Waals surface area (Å²) in [4.78, 5) is 11.1. The number of rotatable bonds is 1. The first-order valence-electron chi connectivity index (χ1n) is 5.26. The standard InChI is InChI=1S/C13H9FO3/c14-10-7-9-6-8(11-2-1-5-16-11)3-4-12(9)17-13(10)15/h1-6,10H,7H2. The van der Waals surface area contributed by atoms with Gasteiger partial charge in [-0.1, -0.05) is 0 Å². The molecular formula is C13H9FO3. The molecule has 17 heavy (non-hydrogen) atoms. The first kappa shape index (κ1) is 10.1. The largest absolute Gasteiger partial charge is 0.464 e. The molecule has 0 saturated carbocycles. The summed E-state index contributed by atoms with van der Waals surface area (Å²) in [5.74, 6) is 0.322. The van der Waals surface area contributed by atoms with Crippen LogP contribution in [0, 0.1) is 0 Å². The van der Waals surface area contributed by atoms with Crippen molar-refractivity contribution in [3.63, 3.8) is 0 Å². The number of fused-ring (bicyclic) bond motifs is 1. The molecule has 0 fully saturated rings. The zero-order chi connectivity index (χ0) is 11.8. The number of benzene rings is 1. The normalized spacial score (nSPS) is 18.6. The highest BCUT2D eigenvalue weighted by atomic mass is 19.1. The number of carbonyl (C=O) groups excluding carboxylic acids is 1. The Bertz CT molecular complexity index is 560. The second-order valence-electron chi connectivity index (χ2n) is 3.89. The molecule has 2 aromatic rings. The molecule has 1 aromatic carbocycles. The number of hydrogen-bond donors (Lipinski definition) is 0. The Hall–Kier alpha value is -2.10.